The molecule has 2 aromatic carbocycles. The van der Waals surface area contributed by atoms with E-state index in [0.717, 1.165) is 17.7 Å². The van der Waals surface area contributed by atoms with Gasteiger partial charge in [0.05, 0.1) is 0 Å². The molecule has 0 spiro atoms. The summed E-state index contributed by atoms with van der Waals surface area (Å²) in [7, 11) is 0. The van der Waals surface area contributed by atoms with Crippen molar-refractivity contribution in [1.29, 1.82) is 0 Å². The number of likely N-dealkylation sites (tertiary alicyclic amines) is 1. The summed E-state index contributed by atoms with van der Waals surface area (Å²) in [6.45, 7) is 6.07. The van der Waals surface area contributed by atoms with Crippen molar-refractivity contribution < 1.29 is 4.79 Å². The lowest BCUT2D eigenvalue weighted by atomic mass is 10.1. The molecule has 0 bridgehead atoms. The average molecular weight is 334 g/mol. The van der Waals surface area contributed by atoms with Crippen LogP contribution < -0.4 is 5.32 Å². The minimum atomic E-state index is -0.0679. The Kier molecular flexibility index (Phi) is 6.02. The lowest BCUT2D eigenvalue weighted by Crippen LogP contribution is -2.20. The summed E-state index contributed by atoms with van der Waals surface area (Å²) < 4.78 is 0. The van der Waals surface area contributed by atoms with Gasteiger partial charge in [-0.2, -0.15) is 0 Å². The van der Waals surface area contributed by atoms with Gasteiger partial charge in [0.15, 0.2) is 0 Å². The van der Waals surface area contributed by atoms with Gasteiger partial charge in [-0.25, -0.2) is 0 Å². The first kappa shape index (κ1) is 17.4. The second kappa shape index (κ2) is 8.63. The number of carbonyl (C=O) groups excluding carboxylic acids is 1. The Labute approximate surface area is 150 Å². The number of nitrogens with one attached hydrogen (secondary N) is 1. The molecule has 1 amide bonds. The van der Waals surface area contributed by atoms with Crippen LogP contribution in [0.2, 0.25) is 0 Å². The third-order valence-electron chi connectivity index (χ3n) is 4.60. The number of hydrogen-bond donors (Lipinski definition) is 1. The van der Waals surface area contributed by atoms with Crippen molar-refractivity contribution in [3.63, 3.8) is 0 Å². The first-order valence-corrected chi connectivity index (χ1v) is 9.02. The molecule has 0 aromatic heterocycles. The minimum absolute atomic E-state index is 0.0679. The molecular weight excluding hydrogens is 308 g/mol. The molecule has 0 atom stereocenters. The molecule has 25 heavy (non-hydrogen) atoms. The second-order valence-electron chi connectivity index (χ2n) is 6.76. The third-order valence-corrected chi connectivity index (χ3v) is 4.60. The summed E-state index contributed by atoms with van der Waals surface area (Å²) in [6, 6.07) is 16.7. The van der Waals surface area contributed by atoms with Crippen LogP contribution in [-0.2, 0) is 17.9 Å². The number of rotatable bonds is 6. The molecule has 1 saturated heterocycles. The van der Waals surface area contributed by atoms with E-state index in [0.29, 0.717) is 6.54 Å². The van der Waals surface area contributed by atoms with E-state index >= 15 is 0 Å². The van der Waals surface area contributed by atoms with Gasteiger partial charge in [-0.15, -0.1) is 0 Å². The standard InChI is InChI=1S/C22H26N2O/c1-18-4-6-19(7-5-18)12-13-22(25)23-16-20-8-10-21(11-9-20)17-24-14-2-3-15-24/h4-13H,2-3,14-17H2,1H3,(H,23,25)/b13-12+. The van der Waals surface area contributed by atoms with Crippen molar-refractivity contribution in [2.24, 2.45) is 0 Å². The molecule has 2 aromatic rings. The number of benzene rings is 2. The van der Waals surface area contributed by atoms with Gasteiger partial charge in [-0.1, -0.05) is 54.1 Å². The van der Waals surface area contributed by atoms with Gasteiger partial charge in [-0.05, 0) is 55.6 Å². The summed E-state index contributed by atoms with van der Waals surface area (Å²) in [5.41, 5.74) is 4.72. The Bertz CT molecular complexity index is 711. The monoisotopic (exact) mass is 334 g/mol. The lowest BCUT2D eigenvalue weighted by molar-refractivity contribution is -0.116. The van der Waals surface area contributed by atoms with Crippen molar-refractivity contribution in [1.82, 2.24) is 10.2 Å². The number of aryl methyl sites for hydroxylation is 1. The molecule has 1 aliphatic heterocycles. The zero-order valence-corrected chi connectivity index (χ0v) is 14.9. The lowest BCUT2D eigenvalue weighted by Gasteiger charge is -2.14. The Morgan fingerprint density at radius 3 is 2.32 bits per heavy atom. The summed E-state index contributed by atoms with van der Waals surface area (Å²) in [5.74, 6) is -0.0679. The van der Waals surface area contributed by atoms with E-state index in [2.05, 4.69) is 41.4 Å². The molecule has 3 rings (SSSR count). The number of carbonyl (C=O) groups is 1. The summed E-state index contributed by atoms with van der Waals surface area (Å²) in [5, 5.41) is 2.94. The molecule has 130 valence electrons. The second-order valence-corrected chi connectivity index (χ2v) is 6.76. The SMILES string of the molecule is Cc1ccc(/C=C/C(=O)NCc2ccc(CN3CCCC3)cc2)cc1. The number of hydrogen-bond acceptors (Lipinski definition) is 2. The highest BCUT2D eigenvalue weighted by molar-refractivity contribution is 5.91. The third kappa shape index (κ3) is 5.57. The molecule has 0 aliphatic carbocycles. The van der Waals surface area contributed by atoms with Crippen LogP contribution in [0.1, 0.15) is 35.1 Å². The molecule has 1 fully saturated rings. The van der Waals surface area contributed by atoms with Crippen LogP contribution in [-0.4, -0.2) is 23.9 Å². The first-order chi connectivity index (χ1) is 12.2. The molecule has 1 aliphatic rings. The summed E-state index contributed by atoms with van der Waals surface area (Å²) in [6.07, 6.45) is 6.07. The Hall–Kier alpha value is -2.39. The molecular formula is C22H26N2O. The van der Waals surface area contributed by atoms with E-state index in [1.165, 1.54) is 37.1 Å². The van der Waals surface area contributed by atoms with Crippen molar-refractivity contribution in [2.45, 2.75) is 32.9 Å². The smallest absolute Gasteiger partial charge is 0.244 e. The molecule has 0 saturated carbocycles. The van der Waals surface area contributed by atoms with Crippen molar-refractivity contribution in [2.75, 3.05) is 13.1 Å². The van der Waals surface area contributed by atoms with Crippen LogP contribution in [0.25, 0.3) is 6.08 Å². The van der Waals surface area contributed by atoms with Crippen LogP contribution in [0.3, 0.4) is 0 Å². The Morgan fingerprint density at radius 2 is 1.64 bits per heavy atom. The average Bonchev–Trinajstić information content (AvgIpc) is 3.14. The van der Waals surface area contributed by atoms with Gasteiger partial charge in [0.2, 0.25) is 5.91 Å². The van der Waals surface area contributed by atoms with E-state index in [4.69, 9.17) is 0 Å². The van der Waals surface area contributed by atoms with Crippen molar-refractivity contribution in [3.8, 4) is 0 Å². The Balaban J connectivity index is 1.45. The maximum atomic E-state index is 11.9. The summed E-state index contributed by atoms with van der Waals surface area (Å²) >= 11 is 0. The maximum absolute atomic E-state index is 11.9. The highest BCUT2D eigenvalue weighted by Gasteiger charge is 2.11. The van der Waals surface area contributed by atoms with Crippen molar-refractivity contribution >= 4 is 12.0 Å². The van der Waals surface area contributed by atoms with Gasteiger partial charge in [0.1, 0.15) is 0 Å². The number of amides is 1. The first-order valence-electron chi connectivity index (χ1n) is 9.02. The zero-order chi connectivity index (χ0) is 17.5. The predicted molar refractivity (Wildman–Crippen MR) is 103 cm³/mol. The minimum Gasteiger partial charge on any atom is -0.348 e. The van der Waals surface area contributed by atoms with Gasteiger partial charge >= 0.3 is 0 Å². The van der Waals surface area contributed by atoms with Gasteiger partial charge in [0, 0.05) is 19.2 Å². The predicted octanol–water partition coefficient (Wildman–Crippen LogP) is 3.92. The van der Waals surface area contributed by atoms with Gasteiger partial charge in [-0.3, -0.25) is 9.69 Å². The maximum Gasteiger partial charge on any atom is 0.244 e. The fourth-order valence-electron chi connectivity index (χ4n) is 3.06. The van der Waals surface area contributed by atoms with Gasteiger partial charge < -0.3 is 5.32 Å². The summed E-state index contributed by atoms with van der Waals surface area (Å²) in [4.78, 5) is 14.4. The van der Waals surface area contributed by atoms with E-state index in [1.807, 2.05) is 30.3 Å². The molecule has 1 heterocycles. The number of nitrogens with zero attached hydrogens (tertiary/aromatic N) is 1. The topological polar surface area (TPSA) is 32.3 Å². The van der Waals surface area contributed by atoms with Crippen LogP contribution in [0.15, 0.2) is 54.6 Å². The van der Waals surface area contributed by atoms with Gasteiger partial charge in [0.25, 0.3) is 0 Å². The molecule has 0 radical (unpaired) electrons. The quantitative estimate of drug-likeness (QED) is 0.812. The normalized spacial score (nSPS) is 14.9. The molecule has 0 unspecified atom stereocenters. The Morgan fingerprint density at radius 1 is 1.00 bits per heavy atom. The van der Waals surface area contributed by atoms with Crippen molar-refractivity contribution in [3.05, 3.63) is 76.9 Å². The van der Waals surface area contributed by atoms with E-state index in [9.17, 15) is 4.79 Å². The molecule has 3 nitrogen and oxygen atoms in total. The van der Waals surface area contributed by atoms with E-state index in [-0.39, 0.29) is 5.91 Å². The fraction of sp³-hybridized carbons (Fsp3) is 0.318. The van der Waals surface area contributed by atoms with E-state index < -0.39 is 0 Å². The fourth-order valence-corrected chi connectivity index (χ4v) is 3.06. The van der Waals surface area contributed by atoms with Crippen LogP contribution in [0.4, 0.5) is 0 Å². The van der Waals surface area contributed by atoms with Crippen LogP contribution in [0.5, 0.6) is 0 Å². The molecule has 1 N–H and O–H groups in total. The highest BCUT2D eigenvalue weighted by Crippen LogP contribution is 2.13. The van der Waals surface area contributed by atoms with E-state index in [1.54, 1.807) is 6.08 Å². The van der Waals surface area contributed by atoms with Crippen LogP contribution in [0, 0.1) is 6.92 Å². The largest absolute Gasteiger partial charge is 0.348 e. The van der Waals surface area contributed by atoms with Crippen LogP contribution >= 0.6 is 0 Å². The zero-order valence-electron chi connectivity index (χ0n) is 14.9. The molecule has 3 heteroatoms. The highest BCUT2D eigenvalue weighted by atomic mass is 16.1.